The first-order chi connectivity index (χ1) is 13.5. The summed E-state index contributed by atoms with van der Waals surface area (Å²) < 4.78 is 13.3. The molecule has 2 atom stereocenters. The average Bonchev–Trinajstić information content (AvgIpc) is 2.71. The van der Waals surface area contributed by atoms with Crippen LogP contribution in [0.3, 0.4) is 0 Å². The summed E-state index contributed by atoms with van der Waals surface area (Å²) in [5.74, 6) is -0.671. The van der Waals surface area contributed by atoms with Gasteiger partial charge in [0.1, 0.15) is 5.82 Å². The number of hydrogen-bond donors (Lipinski definition) is 1. The van der Waals surface area contributed by atoms with Crippen molar-refractivity contribution in [3.63, 3.8) is 0 Å². The van der Waals surface area contributed by atoms with Crippen LogP contribution in [0.25, 0.3) is 0 Å². The second-order valence-corrected chi connectivity index (χ2v) is 7.40. The zero-order valence-electron chi connectivity index (χ0n) is 16.5. The van der Waals surface area contributed by atoms with Crippen LogP contribution in [0.4, 0.5) is 4.39 Å². The van der Waals surface area contributed by atoms with Crippen molar-refractivity contribution >= 4 is 11.8 Å². The molecule has 0 aromatic heterocycles. The van der Waals surface area contributed by atoms with Gasteiger partial charge in [0.05, 0.1) is 12.0 Å². The van der Waals surface area contributed by atoms with E-state index in [0.717, 1.165) is 30.4 Å². The fraction of sp³-hybridized carbons (Fsp3) is 0.391. The number of carbonyl (C=O) groups excluding carboxylic acids is 2. The van der Waals surface area contributed by atoms with Crippen LogP contribution in [-0.2, 0) is 22.6 Å². The first kappa shape index (κ1) is 20.1. The van der Waals surface area contributed by atoms with Crippen LogP contribution in [0, 0.1) is 11.7 Å². The second kappa shape index (κ2) is 9.00. The molecule has 0 saturated carbocycles. The Morgan fingerprint density at radius 3 is 2.50 bits per heavy atom. The third kappa shape index (κ3) is 4.77. The minimum absolute atomic E-state index is 0.00988. The second-order valence-electron chi connectivity index (χ2n) is 7.40. The van der Waals surface area contributed by atoms with E-state index in [9.17, 15) is 14.0 Å². The van der Waals surface area contributed by atoms with Crippen molar-refractivity contribution in [1.82, 2.24) is 10.2 Å². The lowest BCUT2D eigenvalue weighted by atomic mass is 9.88. The third-order valence-electron chi connectivity index (χ3n) is 5.49. The van der Waals surface area contributed by atoms with Gasteiger partial charge in [-0.15, -0.1) is 0 Å². The molecule has 4 nitrogen and oxygen atoms in total. The molecular formula is C23H27FN2O2. The van der Waals surface area contributed by atoms with E-state index in [-0.39, 0.29) is 36.1 Å². The number of likely N-dealkylation sites (tertiary alicyclic amines) is 1. The van der Waals surface area contributed by atoms with Crippen molar-refractivity contribution in [1.29, 1.82) is 0 Å². The number of amides is 2. The Hall–Kier alpha value is -2.69. The first-order valence-electron chi connectivity index (χ1n) is 9.86. The molecule has 148 valence electrons. The van der Waals surface area contributed by atoms with Crippen molar-refractivity contribution in [3.05, 3.63) is 71.0 Å². The molecular weight excluding hydrogens is 355 g/mol. The van der Waals surface area contributed by atoms with E-state index < -0.39 is 0 Å². The van der Waals surface area contributed by atoms with Gasteiger partial charge in [-0.25, -0.2) is 4.39 Å². The minimum atomic E-state index is -0.316. The maximum Gasteiger partial charge on any atom is 0.225 e. The monoisotopic (exact) mass is 382 g/mol. The van der Waals surface area contributed by atoms with Crippen LogP contribution in [0.2, 0.25) is 0 Å². The van der Waals surface area contributed by atoms with Gasteiger partial charge in [-0.3, -0.25) is 9.59 Å². The average molecular weight is 382 g/mol. The Balaban J connectivity index is 1.64. The molecule has 0 radical (unpaired) electrons. The summed E-state index contributed by atoms with van der Waals surface area (Å²) in [5, 5.41) is 2.88. The van der Waals surface area contributed by atoms with Gasteiger partial charge in [-0.2, -0.15) is 0 Å². The van der Waals surface area contributed by atoms with Crippen LogP contribution in [0.1, 0.15) is 49.4 Å². The maximum absolute atomic E-state index is 13.3. The Morgan fingerprint density at radius 2 is 1.86 bits per heavy atom. The van der Waals surface area contributed by atoms with Crippen LogP contribution in [-0.4, -0.2) is 23.3 Å². The van der Waals surface area contributed by atoms with Crippen LogP contribution in [0.15, 0.2) is 48.5 Å². The number of rotatable bonds is 5. The van der Waals surface area contributed by atoms with Crippen molar-refractivity contribution < 1.29 is 14.0 Å². The lowest BCUT2D eigenvalue weighted by Crippen LogP contribution is -2.46. The highest BCUT2D eigenvalue weighted by atomic mass is 19.1. The summed E-state index contributed by atoms with van der Waals surface area (Å²) in [6.07, 6.45) is 2.46. The number of halogens is 1. The van der Waals surface area contributed by atoms with Crippen molar-refractivity contribution in [3.8, 4) is 0 Å². The number of carbonyl (C=O) groups is 2. The highest BCUT2D eigenvalue weighted by Gasteiger charge is 2.34. The number of hydrogen-bond acceptors (Lipinski definition) is 2. The lowest BCUT2D eigenvalue weighted by molar-refractivity contribution is -0.137. The molecule has 3 rings (SSSR count). The zero-order chi connectivity index (χ0) is 20.1. The van der Waals surface area contributed by atoms with E-state index in [1.165, 1.54) is 17.7 Å². The molecule has 2 amide bonds. The summed E-state index contributed by atoms with van der Waals surface area (Å²) in [7, 11) is 0. The van der Waals surface area contributed by atoms with Gasteiger partial charge < -0.3 is 10.2 Å². The summed E-state index contributed by atoms with van der Waals surface area (Å²) in [4.78, 5) is 26.7. The minimum Gasteiger partial charge on any atom is -0.352 e. The summed E-state index contributed by atoms with van der Waals surface area (Å²) >= 11 is 0. The summed E-state index contributed by atoms with van der Waals surface area (Å²) in [5.41, 5.74) is 3.11. The van der Waals surface area contributed by atoms with Crippen molar-refractivity contribution in [2.75, 3.05) is 6.54 Å². The van der Waals surface area contributed by atoms with Gasteiger partial charge in [0, 0.05) is 20.0 Å². The molecule has 2 aromatic carbocycles. The van der Waals surface area contributed by atoms with Crippen LogP contribution < -0.4 is 5.32 Å². The molecule has 1 saturated heterocycles. The predicted octanol–water partition coefficient (Wildman–Crippen LogP) is 4.00. The zero-order valence-corrected chi connectivity index (χ0v) is 16.5. The van der Waals surface area contributed by atoms with Crippen LogP contribution >= 0.6 is 0 Å². The molecule has 1 fully saturated rings. The number of nitrogens with zero attached hydrogens (tertiary/aromatic N) is 1. The molecule has 0 bridgehead atoms. The molecule has 2 aromatic rings. The molecule has 2 unspecified atom stereocenters. The molecule has 0 spiro atoms. The Morgan fingerprint density at radius 1 is 1.11 bits per heavy atom. The highest BCUT2D eigenvalue weighted by molar-refractivity contribution is 5.81. The Bertz CT molecular complexity index is 835. The van der Waals surface area contributed by atoms with Gasteiger partial charge in [-0.05, 0) is 48.1 Å². The largest absolute Gasteiger partial charge is 0.352 e. The molecule has 28 heavy (non-hydrogen) atoms. The lowest BCUT2D eigenvalue weighted by Gasteiger charge is -2.39. The molecule has 1 aliphatic rings. The summed E-state index contributed by atoms with van der Waals surface area (Å²) in [6.45, 7) is 4.37. The number of benzene rings is 2. The Labute approximate surface area is 165 Å². The highest BCUT2D eigenvalue weighted by Crippen LogP contribution is 2.33. The Kier molecular flexibility index (Phi) is 6.45. The van der Waals surface area contributed by atoms with Crippen LogP contribution in [0.5, 0.6) is 0 Å². The fourth-order valence-electron chi connectivity index (χ4n) is 3.84. The fourth-order valence-corrected chi connectivity index (χ4v) is 3.84. The van der Waals surface area contributed by atoms with E-state index in [1.54, 1.807) is 24.0 Å². The molecule has 1 heterocycles. The number of nitrogens with one attached hydrogen (secondary N) is 1. The van der Waals surface area contributed by atoms with E-state index in [4.69, 9.17) is 0 Å². The van der Waals surface area contributed by atoms with Gasteiger partial charge in [0.15, 0.2) is 0 Å². The van der Waals surface area contributed by atoms with Crippen molar-refractivity contribution in [2.45, 2.75) is 45.7 Å². The van der Waals surface area contributed by atoms with Gasteiger partial charge >= 0.3 is 0 Å². The predicted molar refractivity (Wildman–Crippen MR) is 107 cm³/mol. The topological polar surface area (TPSA) is 49.4 Å². The van der Waals surface area contributed by atoms with E-state index in [2.05, 4.69) is 36.5 Å². The summed E-state index contributed by atoms with van der Waals surface area (Å²) in [6, 6.07) is 14.6. The SMILES string of the molecule is CCc1ccc(C2CCC(C(=O)NCc3cccc(F)c3)CN2C(C)=O)cc1. The van der Waals surface area contributed by atoms with E-state index in [0.29, 0.717) is 6.54 Å². The number of aryl methyl sites for hydroxylation is 1. The molecule has 0 aliphatic carbocycles. The molecule has 1 aliphatic heterocycles. The first-order valence-corrected chi connectivity index (χ1v) is 9.86. The maximum atomic E-state index is 13.3. The quantitative estimate of drug-likeness (QED) is 0.850. The van der Waals surface area contributed by atoms with Gasteiger partial charge in [0.25, 0.3) is 0 Å². The van der Waals surface area contributed by atoms with Gasteiger partial charge in [-0.1, -0.05) is 43.3 Å². The van der Waals surface area contributed by atoms with Gasteiger partial charge in [0.2, 0.25) is 11.8 Å². The van der Waals surface area contributed by atoms with E-state index >= 15 is 0 Å². The molecule has 5 heteroatoms. The third-order valence-corrected chi connectivity index (χ3v) is 5.49. The molecule has 1 N–H and O–H groups in total. The van der Waals surface area contributed by atoms with Crippen molar-refractivity contribution in [2.24, 2.45) is 5.92 Å². The standard InChI is InChI=1S/C23H27FN2O2/c1-3-17-7-9-19(10-8-17)22-12-11-20(15-26(22)16(2)27)23(28)25-14-18-5-4-6-21(24)13-18/h4-10,13,20,22H,3,11-12,14-15H2,1-2H3,(H,25,28). The smallest absolute Gasteiger partial charge is 0.225 e. The normalized spacial score (nSPS) is 19.3. The number of piperidine rings is 1. The van der Waals surface area contributed by atoms with E-state index in [1.807, 2.05) is 0 Å².